The molecule has 1 amide bonds. The summed E-state index contributed by atoms with van der Waals surface area (Å²) in [5, 5.41) is 0.494. The minimum absolute atomic E-state index is 0.000332. The van der Waals surface area contributed by atoms with Crippen molar-refractivity contribution in [1.82, 2.24) is 24.4 Å². The molecule has 2 saturated heterocycles. The summed E-state index contributed by atoms with van der Waals surface area (Å²) in [6.07, 6.45) is 8.73. The zero-order chi connectivity index (χ0) is 20.7. The molecule has 0 unspecified atom stereocenters. The number of carbonyl (C=O) groups is 1. The molecule has 0 bridgehead atoms. The van der Waals surface area contributed by atoms with Gasteiger partial charge >= 0.3 is 5.69 Å². The lowest BCUT2D eigenvalue weighted by molar-refractivity contribution is 0.0792. The van der Waals surface area contributed by atoms with Crippen LogP contribution in [0, 0.1) is 0 Å². The minimum Gasteiger partial charge on any atom is -0.355 e. The number of anilines is 1. The number of aromatic amines is 1. The average molecular weight is 427 g/mol. The third-order valence-electron chi connectivity index (χ3n) is 6.11. The van der Waals surface area contributed by atoms with E-state index in [0.717, 1.165) is 62.9 Å². The number of nitrogens with one attached hydrogen (secondary N) is 1. The Kier molecular flexibility index (Phi) is 4.94. The SMILES string of the molecule is O=C(c1cnc(N2CCC(n3c(=O)[nH]c4cnccc43)CC2)c(Cl)c1)N1CCCC1. The third kappa shape index (κ3) is 3.35. The molecule has 2 fully saturated rings. The second-order valence-electron chi connectivity index (χ2n) is 7.94. The van der Waals surface area contributed by atoms with E-state index in [1.54, 1.807) is 24.7 Å². The van der Waals surface area contributed by atoms with Crippen molar-refractivity contribution in [3.05, 3.63) is 51.8 Å². The number of likely N-dealkylation sites (tertiary alicyclic amines) is 1. The van der Waals surface area contributed by atoms with Gasteiger partial charge in [0.05, 0.1) is 27.8 Å². The quantitative estimate of drug-likeness (QED) is 0.695. The number of rotatable bonds is 3. The summed E-state index contributed by atoms with van der Waals surface area (Å²) < 4.78 is 1.83. The Labute approximate surface area is 178 Å². The van der Waals surface area contributed by atoms with Crippen LogP contribution in [0.2, 0.25) is 5.02 Å². The van der Waals surface area contributed by atoms with E-state index in [-0.39, 0.29) is 17.6 Å². The lowest BCUT2D eigenvalue weighted by Crippen LogP contribution is -2.37. The number of hydrogen-bond donors (Lipinski definition) is 1. The number of carbonyl (C=O) groups excluding carboxylic acids is 1. The van der Waals surface area contributed by atoms with E-state index in [1.807, 2.05) is 15.5 Å². The molecule has 0 aromatic carbocycles. The fraction of sp³-hybridized carbons (Fsp3) is 0.429. The standard InChI is InChI=1S/C21H23ClN6O2/c22-16-11-14(20(29)27-7-1-2-8-27)12-24-19(16)26-9-4-15(5-10-26)28-18-3-6-23-13-17(18)25-21(28)30/h3,6,11-13,15H,1-2,4-5,7-10H2,(H,25,30). The maximum absolute atomic E-state index is 12.6. The minimum atomic E-state index is -0.0996. The number of nitrogens with zero attached hydrogens (tertiary/aromatic N) is 5. The van der Waals surface area contributed by atoms with Gasteiger partial charge in [-0.3, -0.25) is 14.3 Å². The van der Waals surface area contributed by atoms with E-state index in [2.05, 4.69) is 19.9 Å². The second kappa shape index (κ2) is 7.75. The van der Waals surface area contributed by atoms with Crippen LogP contribution in [0.1, 0.15) is 42.1 Å². The van der Waals surface area contributed by atoms with Gasteiger partial charge in [0.25, 0.3) is 5.91 Å². The summed E-state index contributed by atoms with van der Waals surface area (Å²) >= 11 is 6.51. The van der Waals surface area contributed by atoms with E-state index >= 15 is 0 Å². The summed E-state index contributed by atoms with van der Waals surface area (Å²) in [7, 11) is 0. The summed E-state index contributed by atoms with van der Waals surface area (Å²) in [5.41, 5.74) is 2.08. The monoisotopic (exact) mass is 426 g/mol. The molecule has 9 heteroatoms. The van der Waals surface area contributed by atoms with Crippen LogP contribution < -0.4 is 10.6 Å². The first-order chi connectivity index (χ1) is 14.6. The molecule has 3 aromatic rings. The molecule has 0 aliphatic carbocycles. The van der Waals surface area contributed by atoms with Gasteiger partial charge in [-0.1, -0.05) is 11.6 Å². The number of imidazole rings is 1. The molecule has 3 aromatic heterocycles. The number of piperidine rings is 1. The van der Waals surface area contributed by atoms with Crippen LogP contribution in [-0.2, 0) is 0 Å². The number of aromatic nitrogens is 4. The Bertz CT molecular complexity index is 1140. The fourth-order valence-corrected chi connectivity index (χ4v) is 4.85. The molecule has 8 nitrogen and oxygen atoms in total. The van der Waals surface area contributed by atoms with Crippen LogP contribution in [0.25, 0.3) is 11.0 Å². The molecule has 2 aliphatic heterocycles. The van der Waals surface area contributed by atoms with Gasteiger partial charge in [0.2, 0.25) is 0 Å². The van der Waals surface area contributed by atoms with Crippen molar-refractivity contribution in [2.24, 2.45) is 0 Å². The number of amides is 1. The summed E-state index contributed by atoms with van der Waals surface area (Å²) in [6.45, 7) is 3.08. The molecule has 0 radical (unpaired) electrons. The summed E-state index contributed by atoms with van der Waals surface area (Å²) in [6, 6.07) is 3.71. The van der Waals surface area contributed by atoms with Crippen LogP contribution in [0.15, 0.2) is 35.5 Å². The van der Waals surface area contributed by atoms with Crippen LogP contribution in [-0.4, -0.2) is 56.5 Å². The van der Waals surface area contributed by atoms with E-state index < -0.39 is 0 Å². The second-order valence-corrected chi connectivity index (χ2v) is 8.35. The molecule has 156 valence electrons. The average Bonchev–Trinajstić information content (AvgIpc) is 3.41. The predicted octanol–water partition coefficient (Wildman–Crippen LogP) is 2.85. The highest BCUT2D eigenvalue weighted by Gasteiger charge is 2.26. The van der Waals surface area contributed by atoms with Gasteiger partial charge < -0.3 is 14.8 Å². The zero-order valence-electron chi connectivity index (χ0n) is 16.6. The lowest BCUT2D eigenvalue weighted by atomic mass is 10.0. The predicted molar refractivity (Wildman–Crippen MR) is 115 cm³/mol. The van der Waals surface area contributed by atoms with Crippen LogP contribution >= 0.6 is 11.6 Å². The first-order valence-electron chi connectivity index (χ1n) is 10.4. The Morgan fingerprint density at radius 1 is 1.13 bits per heavy atom. The van der Waals surface area contributed by atoms with Crippen molar-refractivity contribution < 1.29 is 4.79 Å². The van der Waals surface area contributed by atoms with Crippen molar-refractivity contribution in [3.8, 4) is 0 Å². The first-order valence-corrected chi connectivity index (χ1v) is 10.7. The molecule has 30 heavy (non-hydrogen) atoms. The lowest BCUT2D eigenvalue weighted by Gasteiger charge is -2.33. The molecular formula is C21H23ClN6O2. The largest absolute Gasteiger partial charge is 0.355 e. The highest BCUT2D eigenvalue weighted by atomic mass is 35.5. The molecule has 0 spiro atoms. The number of fused-ring (bicyclic) bond motifs is 1. The molecule has 2 aliphatic rings. The molecule has 0 saturated carbocycles. The van der Waals surface area contributed by atoms with Gasteiger partial charge in [-0.25, -0.2) is 9.78 Å². The van der Waals surface area contributed by atoms with Crippen molar-refractivity contribution in [2.45, 2.75) is 31.7 Å². The molecular weight excluding hydrogens is 404 g/mol. The van der Waals surface area contributed by atoms with Gasteiger partial charge in [-0.15, -0.1) is 0 Å². The van der Waals surface area contributed by atoms with Gasteiger partial charge in [0.15, 0.2) is 0 Å². The van der Waals surface area contributed by atoms with Crippen molar-refractivity contribution in [3.63, 3.8) is 0 Å². The number of H-pyrrole nitrogens is 1. The zero-order valence-corrected chi connectivity index (χ0v) is 17.3. The highest BCUT2D eigenvalue weighted by Crippen LogP contribution is 2.31. The summed E-state index contributed by atoms with van der Waals surface area (Å²) in [5.74, 6) is 0.698. The Balaban J connectivity index is 1.31. The van der Waals surface area contributed by atoms with Gasteiger partial charge in [-0.2, -0.15) is 0 Å². The van der Waals surface area contributed by atoms with E-state index in [1.165, 1.54) is 0 Å². The molecule has 0 atom stereocenters. The van der Waals surface area contributed by atoms with Gasteiger partial charge in [-0.05, 0) is 37.8 Å². The maximum atomic E-state index is 12.6. The van der Waals surface area contributed by atoms with Crippen LogP contribution in [0.5, 0.6) is 0 Å². The maximum Gasteiger partial charge on any atom is 0.326 e. The number of hydrogen-bond acceptors (Lipinski definition) is 5. The van der Waals surface area contributed by atoms with E-state index in [4.69, 9.17) is 11.6 Å². The van der Waals surface area contributed by atoms with E-state index in [9.17, 15) is 9.59 Å². The first kappa shape index (κ1) is 19.1. The number of halogens is 1. The smallest absolute Gasteiger partial charge is 0.326 e. The molecule has 1 N–H and O–H groups in total. The van der Waals surface area contributed by atoms with Gasteiger partial charge in [0, 0.05) is 44.6 Å². The number of pyridine rings is 2. The fourth-order valence-electron chi connectivity index (χ4n) is 4.56. The Morgan fingerprint density at radius 2 is 1.90 bits per heavy atom. The topological polar surface area (TPSA) is 87.1 Å². The highest BCUT2D eigenvalue weighted by molar-refractivity contribution is 6.33. The van der Waals surface area contributed by atoms with Crippen molar-refractivity contribution in [1.29, 1.82) is 0 Å². The normalized spacial score (nSPS) is 17.8. The van der Waals surface area contributed by atoms with E-state index in [0.29, 0.717) is 16.4 Å². The Morgan fingerprint density at radius 3 is 2.63 bits per heavy atom. The van der Waals surface area contributed by atoms with Crippen molar-refractivity contribution in [2.75, 3.05) is 31.1 Å². The summed E-state index contributed by atoms with van der Waals surface area (Å²) in [4.78, 5) is 40.5. The molecule has 5 heterocycles. The van der Waals surface area contributed by atoms with Gasteiger partial charge in [0.1, 0.15) is 5.82 Å². The van der Waals surface area contributed by atoms with Crippen LogP contribution in [0.4, 0.5) is 5.82 Å². The van der Waals surface area contributed by atoms with Crippen molar-refractivity contribution >= 4 is 34.4 Å². The third-order valence-corrected chi connectivity index (χ3v) is 6.39. The Hall–Kier alpha value is -2.87. The van der Waals surface area contributed by atoms with Crippen LogP contribution in [0.3, 0.4) is 0 Å². The molecule has 5 rings (SSSR count).